The lowest BCUT2D eigenvalue weighted by Gasteiger charge is -2.19. The van der Waals surface area contributed by atoms with Gasteiger partial charge < -0.3 is 5.11 Å². The van der Waals surface area contributed by atoms with Gasteiger partial charge in [0.2, 0.25) is 0 Å². The Labute approximate surface area is 58.6 Å². The third-order valence-electron chi connectivity index (χ3n) is 1.00. The minimum Gasteiger partial charge on any atom is -0.364 e. The molecular formula is C4H12N2O4. The third kappa shape index (κ3) is 4.62. The Hall–Kier alpha value is -0.240. The van der Waals surface area contributed by atoms with Gasteiger partial charge in [-0.2, -0.15) is 4.94 Å². The molecule has 0 spiro atoms. The molecule has 0 saturated heterocycles. The van der Waals surface area contributed by atoms with E-state index in [1.54, 1.807) is 6.92 Å². The van der Waals surface area contributed by atoms with E-state index >= 15 is 0 Å². The van der Waals surface area contributed by atoms with Crippen molar-refractivity contribution in [3.63, 3.8) is 0 Å². The molecule has 0 aromatic heterocycles. The summed E-state index contributed by atoms with van der Waals surface area (Å²) in [7, 11) is 0. The summed E-state index contributed by atoms with van der Waals surface area (Å²) >= 11 is 0. The molecule has 0 heterocycles. The maximum absolute atomic E-state index is 9.08. The summed E-state index contributed by atoms with van der Waals surface area (Å²) in [6.45, 7) is 3.18. The van der Waals surface area contributed by atoms with Crippen LogP contribution in [0.1, 0.15) is 20.3 Å². The zero-order valence-electron chi connectivity index (χ0n) is 5.92. The molecule has 62 valence electrons. The molecule has 0 radical (unpaired) electrons. The standard InChI is InChI=1S/C4H12N2O4/c1-3-4(2,7)9-6-10-5-8/h5-8H,3H2,1-2H3/t4-/m1/s1. The highest BCUT2D eigenvalue weighted by Crippen LogP contribution is 2.06. The van der Waals surface area contributed by atoms with E-state index < -0.39 is 5.79 Å². The van der Waals surface area contributed by atoms with E-state index in [1.807, 2.05) is 5.64 Å². The van der Waals surface area contributed by atoms with Crippen molar-refractivity contribution in [3.05, 3.63) is 0 Å². The first-order valence-corrected chi connectivity index (χ1v) is 2.82. The van der Waals surface area contributed by atoms with Crippen molar-refractivity contribution in [1.82, 2.24) is 11.3 Å². The average Bonchev–Trinajstić information content (AvgIpc) is 1.89. The summed E-state index contributed by atoms with van der Waals surface area (Å²) in [5.41, 5.74) is 3.13. The SMILES string of the molecule is CC[C@](C)(O)ONONO. The van der Waals surface area contributed by atoms with Crippen LogP contribution >= 0.6 is 0 Å². The molecule has 0 aliphatic carbocycles. The highest BCUT2D eigenvalue weighted by Gasteiger charge is 2.17. The third-order valence-corrected chi connectivity index (χ3v) is 1.00. The molecule has 0 aromatic rings. The van der Waals surface area contributed by atoms with Crippen molar-refractivity contribution in [1.29, 1.82) is 0 Å². The van der Waals surface area contributed by atoms with Crippen LogP contribution < -0.4 is 11.3 Å². The zero-order valence-corrected chi connectivity index (χ0v) is 5.92. The van der Waals surface area contributed by atoms with Gasteiger partial charge in [0.25, 0.3) is 0 Å². The van der Waals surface area contributed by atoms with E-state index in [4.69, 9.17) is 10.3 Å². The van der Waals surface area contributed by atoms with Crippen molar-refractivity contribution in [2.75, 3.05) is 0 Å². The molecule has 0 fully saturated rings. The van der Waals surface area contributed by atoms with Crippen LogP contribution in [0.4, 0.5) is 0 Å². The van der Waals surface area contributed by atoms with E-state index in [0.717, 1.165) is 0 Å². The van der Waals surface area contributed by atoms with Crippen LogP contribution in [0.15, 0.2) is 0 Å². The molecule has 0 aromatic carbocycles. The van der Waals surface area contributed by atoms with Gasteiger partial charge in [-0.1, -0.05) is 18.2 Å². The van der Waals surface area contributed by atoms with E-state index in [1.165, 1.54) is 12.6 Å². The molecule has 0 bridgehead atoms. The largest absolute Gasteiger partial charge is 0.364 e. The molecule has 0 unspecified atom stereocenters. The first-order valence-electron chi connectivity index (χ1n) is 2.82. The molecule has 1 atom stereocenters. The van der Waals surface area contributed by atoms with Crippen LogP contribution in [0.3, 0.4) is 0 Å². The van der Waals surface area contributed by atoms with Crippen LogP contribution in [-0.4, -0.2) is 16.1 Å². The lowest BCUT2D eigenvalue weighted by molar-refractivity contribution is -0.347. The quantitative estimate of drug-likeness (QED) is 0.240. The fraction of sp³-hybridized carbons (Fsp3) is 1.00. The van der Waals surface area contributed by atoms with Crippen LogP contribution in [0.2, 0.25) is 0 Å². The Kier molecular flexibility index (Phi) is 4.45. The summed E-state index contributed by atoms with van der Waals surface area (Å²) in [5.74, 6) is -1.29. The lowest BCUT2D eigenvalue weighted by Crippen LogP contribution is -2.36. The van der Waals surface area contributed by atoms with E-state index in [-0.39, 0.29) is 0 Å². The Morgan fingerprint density at radius 3 is 2.60 bits per heavy atom. The second-order valence-electron chi connectivity index (χ2n) is 1.91. The van der Waals surface area contributed by atoms with Gasteiger partial charge in [0.1, 0.15) is 0 Å². The minimum atomic E-state index is -1.29. The second-order valence-corrected chi connectivity index (χ2v) is 1.91. The van der Waals surface area contributed by atoms with E-state index in [2.05, 4.69) is 9.78 Å². The molecule has 0 amide bonds. The van der Waals surface area contributed by atoms with Gasteiger partial charge >= 0.3 is 0 Å². The molecule has 0 aliphatic rings. The number of aliphatic hydroxyl groups is 1. The number of rotatable bonds is 5. The van der Waals surface area contributed by atoms with Crippen molar-refractivity contribution in [2.45, 2.75) is 26.1 Å². The minimum absolute atomic E-state index is 0.398. The smallest absolute Gasteiger partial charge is 0.184 e. The summed E-state index contributed by atoms with van der Waals surface area (Å²) < 4.78 is 0. The fourth-order valence-corrected chi connectivity index (χ4v) is 0.201. The van der Waals surface area contributed by atoms with Crippen molar-refractivity contribution < 1.29 is 20.1 Å². The van der Waals surface area contributed by atoms with Gasteiger partial charge in [0.05, 0.1) is 0 Å². The molecular weight excluding hydrogens is 140 g/mol. The molecule has 6 heteroatoms. The predicted molar refractivity (Wildman–Crippen MR) is 31.1 cm³/mol. The molecule has 6 nitrogen and oxygen atoms in total. The Bertz CT molecular complexity index is 87.3. The average molecular weight is 152 g/mol. The summed E-state index contributed by atoms with van der Waals surface area (Å²) in [4.78, 5) is 8.42. The van der Waals surface area contributed by atoms with Crippen molar-refractivity contribution in [2.24, 2.45) is 0 Å². The maximum Gasteiger partial charge on any atom is 0.184 e. The van der Waals surface area contributed by atoms with Crippen LogP contribution in [-0.2, 0) is 9.78 Å². The van der Waals surface area contributed by atoms with Crippen molar-refractivity contribution in [3.8, 4) is 0 Å². The highest BCUT2D eigenvalue weighted by atomic mass is 17.1. The van der Waals surface area contributed by atoms with Gasteiger partial charge in [0.15, 0.2) is 5.79 Å². The second kappa shape index (κ2) is 4.56. The maximum atomic E-state index is 9.08. The molecule has 0 saturated carbocycles. The van der Waals surface area contributed by atoms with Gasteiger partial charge in [-0.05, 0) is 13.3 Å². The normalized spacial score (nSPS) is 16.8. The Morgan fingerprint density at radius 2 is 2.20 bits per heavy atom. The van der Waals surface area contributed by atoms with Crippen LogP contribution in [0, 0.1) is 0 Å². The monoisotopic (exact) mass is 152 g/mol. The number of hydrogen-bond acceptors (Lipinski definition) is 6. The molecule has 0 rings (SSSR count). The number of hydrogen-bond donors (Lipinski definition) is 4. The highest BCUT2D eigenvalue weighted by molar-refractivity contribution is 4.51. The van der Waals surface area contributed by atoms with Crippen LogP contribution in [0.5, 0.6) is 0 Å². The van der Waals surface area contributed by atoms with Crippen molar-refractivity contribution >= 4 is 0 Å². The van der Waals surface area contributed by atoms with Gasteiger partial charge in [0, 0.05) is 0 Å². The molecule has 10 heavy (non-hydrogen) atoms. The van der Waals surface area contributed by atoms with E-state index in [9.17, 15) is 0 Å². The van der Waals surface area contributed by atoms with E-state index in [0.29, 0.717) is 6.42 Å². The van der Waals surface area contributed by atoms with Gasteiger partial charge in [-0.3, -0.25) is 5.21 Å². The zero-order chi connectivity index (χ0) is 8.04. The predicted octanol–water partition coefficient (Wildman–Crippen LogP) is -0.549. The number of nitrogens with one attached hydrogen (secondary N) is 2. The first-order chi connectivity index (χ1) is 4.62. The summed E-state index contributed by atoms with van der Waals surface area (Å²) in [6.07, 6.45) is 0.398. The summed E-state index contributed by atoms with van der Waals surface area (Å²) in [6, 6.07) is 0. The van der Waals surface area contributed by atoms with Gasteiger partial charge in [-0.25, -0.2) is 4.84 Å². The molecule has 0 aliphatic heterocycles. The van der Waals surface area contributed by atoms with Gasteiger partial charge in [-0.15, -0.1) is 0 Å². The topological polar surface area (TPSA) is 83.0 Å². The Morgan fingerprint density at radius 1 is 1.60 bits per heavy atom. The fourth-order valence-electron chi connectivity index (χ4n) is 0.201. The summed E-state index contributed by atoms with van der Waals surface area (Å²) in [5, 5.41) is 16.9. The first kappa shape index (κ1) is 9.76. The lowest BCUT2D eigenvalue weighted by atomic mass is 10.3. The molecule has 4 N–H and O–H groups in total. The Balaban J connectivity index is 3.28. The van der Waals surface area contributed by atoms with Crippen LogP contribution in [0.25, 0.3) is 0 Å².